The molecule has 0 unspecified atom stereocenters. The molecular weight excluding hydrogens is 516 g/mol. The van der Waals surface area contributed by atoms with Crippen molar-refractivity contribution < 1.29 is 23.9 Å². The van der Waals surface area contributed by atoms with Gasteiger partial charge in [-0.1, -0.05) is 48.5 Å². The Morgan fingerprint density at radius 2 is 1.11 bits per heavy atom. The maximum atomic E-state index is 12.7. The zero-order valence-electron chi connectivity index (χ0n) is 20.3. The zero-order chi connectivity index (χ0) is 26.3. The van der Waals surface area contributed by atoms with Crippen LogP contribution in [0.1, 0.15) is 61.0 Å². The maximum absolute atomic E-state index is 12.7. The first-order valence-electron chi connectivity index (χ1n) is 12.0. The van der Waals surface area contributed by atoms with Crippen LogP contribution in [-0.2, 0) is 15.2 Å². The van der Waals surface area contributed by atoms with Gasteiger partial charge in [0.25, 0.3) is 0 Å². The first kappa shape index (κ1) is 23.0. The molecule has 0 saturated carbocycles. The van der Waals surface area contributed by atoms with Gasteiger partial charge in [0, 0.05) is 37.6 Å². The normalized spacial score (nSPS) is 19.0. The highest BCUT2D eigenvalue weighted by Crippen LogP contribution is 2.53. The number of carbonyl (C=O) groups excluding carboxylic acids is 4. The fraction of sp³-hybridized carbons (Fsp3) is 0.0968. The number of hydrogen-bond donors (Lipinski definition) is 0. The molecular formula is C31H18O5S2. The van der Waals surface area contributed by atoms with E-state index in [0.717, 1.165) is 25.1 Å². The Kier molecular flexibility index (Phi) is 4.77. The molecule has 2 aliphatic carbocycles. The predicted octanol–water partition coefficient (Wildman–Crippen LogP) is 6.72. The van der Waals surface area contributed by atoms with Crippen molar-refractivity contribution in [3.05, 3.63) is 98.2 Å². The van der Waals surface area contributed by atoms with E-state index in [1.807, 2.05) is 38.1 Å². The highest BCUT2D eigenvalue weighted by molar-refractivity contribution is 7.23. The van der Waals surface area contributed by atoms with Gasteiger partial charge in [0.15, 0.2) is 0 Å². The number of hydrogen-bond acceptors (Lipinski definition) is 7. The van der Waals surface area contributed by atoms with Crippen LogP contribution < -0.4 is 4.74 Å². The molecule has 0 fully saturated rings. The molecule has 3 aliphatic rings. The van der Waals surface area contributed by atoms with Gasteiger partial charge in [-0.05, 0) is 49.3 Å². The molecule has 0 saturated heterocycles. The summed E-state index contributed by atoms with van der Waals surface area (Å²) in [5.41, 5.74) is 3.34. The number of benzene rings is 2. The average Bonchev–Trinajstić information content (AvgIpc) is 3.63. The Bertz CT molecular complexity index is 1840. The molecule has 0 bridgehead atoms. The van der Waals surface area contributed by atoms with E-state index >= 15 is 0 Å². The van der Waals surface area contributed by atoms with E-state index in [-0.39, 0.29) is 0 Å². The van der Waals surface area contributed by atoms with Gasteiger partial charge in [-0.15, -0.1) is 22.7 Å². The molecule has 0 atom stereocenters. The topological polar surface area (TPSA) is 77.5 Å². The quantitative estimate of drug-likeness (QED) is 0.211. The van der Waals surface area contributed by atoms with Crippen LogP contribution in [0.4, 0.5) is 0 Å². The van der Waals surface area contributed by atoms with Crippen LogP contribution >= 0.6 is 22.7 Å². The number of allylic oxidation sites excluding steroid dienone is 2. The molecule has 2 aromatic heterocycles. The Labute approximate surface area is 225 Å². The van der Waals surface area contributed by atoms with Crippen LogP contribution in [0.5, 0.6) is 5.75 Å². The van der Waals surface area contributed by atoms with Crippen LogP contribution in [0.2, 0.25) is 0 Å². The van der Waals surface area contributed by atoms with Crippen molar-refractivity contribution in [1.82, 2.24) is 0 Å². The number of rotatable bonds is 2. The molecule has 0 N–H and O–H groups in total. The molecule has 0 radical (unpaired) electrons. The van der Waals surface area contributed by atoms with Crippen molar-refractivity contribution in [2.45, 2.75) is 19.4 Å². The van der Waals surface area contributed by atoms with Crippen LogP contribution in [0.15, 0.2) is 60.7 Å². The molecule has 38 heavy (non-hydrogen) atoms. The highest BCUT2D eigenvalue weighted by atomic mass is 32.1. The fourth-order valence-electron chi connectivity index (χ4n) is 5.26. The molecule has 1 aliphatic heterocycles. The maximum Gasteiger partial charge on any atom is 0.234 e. The Hall–Kier alpha value is -4.20. The summed E-state index contributed by atoms with van der Waals surface area (Å²) in [7, 11) is 0. The number of thiophene rings is 2. The van der Waals surface area contributed by atoms with E-state index in [1.165, 1.54) is 22.7 Å². The SMILES string of the molecule is CC1(C)Oc2cc(/C=C3\C(=O)C(=O)c4ccccc43)sc2-c2sc(/C=C3\C(=O)C(=O)c4ccccc43)cc21. The summed E-state index contributed by atoms with van der Waals surface area (Å²) < 4.78 is 6.38. The third kappa shape index (κ3) is 3.22. The van der Waals surface area contributed by atoms with E-state index in [2.05, 4.69) is 0 Å². The summed E-state index contributed by atoms with van der Waals surface area (Å²) in [5.74, 6) is -1.24. The molecule has 7 rings (SSSR count). The minimum absolute atomic E-state index is 0.392. The lowest BCUT2D eigenvalue weighted by molar-refractivity contribution is -0.110. The first-order valence-corrected chi connectivity index (χ1v) is 13.6. The van der Waals surface area contributed by atoms with Crippen molar-refractivity contribution in [2.24, 2.45) is 0 Å². The fourth-order valence-corrected chi connectivity index (χ4v) is 7.69. The van der Waals surface area contributed by atoms with E-state index < -0.39 is 28.7 Å². The van der Waals surface area contributed by atoms with Crippen LogP contribution in [0, 0.1) is 0 Å². The lowest BCUT2D eigenvalue weighted by Gasteiger charge is -2.31. The van der Waals surface area contributed by atoms with Gasteiger partial charge < -0.3 is 4.74 Å². The Morgan fingerprint density at radius 1 is 0.632 bits per heavy atom. The van der Waals surface area contributed by atoms with E-state index in [1.54, 1.807) is 48.6 Å². The smallest absolute Gasteiger partial charge is 0.234 e. The Morgan fingerprint density at radius 3 is 1.66 bits per heavy atom. The van der Waals surface area contributed by atoms with E-state index in [4.69, 9.17) is 4.74 Å². The van der Waals surface area contributed by atoms with Gasteiger partial charge in [-0.2, -0.15) is 0 Å². The van der Waals surface area contributed by atoms with Gasteiger partial charge in [0.1, 0.15) is 11.4 Å². The summed E-state index contributed by atoms with van der Waals surface area (Å²) in [4.78, 5) is 54.0. The van der Waals surface area contributed by atoms with E-state index in [9.17, 15) is 19.2 Å². The predicted molar refractivity (Wildman–Crippen MR) is 149 cm³/mol. The van der Waals surface area contributed by atoms with Gasteiger partial charge in [-0.3, -0.25) is 19.2 Å². The molecule has 4 aromatic rings. The number of Topliss-reactive ketones (excluding diaryl/α,β-unsaturated/α-hetero) is 4. The monoisotopic (exact) mass is 534 g/mol. The molecule has 0 amide bonds. The van der Waals surface area contributed by atoms with E-state index in [0.29, 0.717) is 39.1 Å². The van der Waals surface area contributed by atoms with Gasteiger partial charge >= 0.3 is 0 Å². The molecule has 3 heterocycles. The zero-order valence-corrected chi connectivity index (χ0v) is 21.9. The number of ketones is 4. The lowest BCUT2D eigenvalue weighted by atomic mass is 9.95. The van der Waals surface area contributed by atoms with Crippen molar-refractivity contribution >= 4 is 69.1 Å². The summed E-state index contributed by atoms with van der Waals surface area (Å²) in [6.07, 6.45) is 3.56. The van der Waals surface area contributed by atoms with Crippen LogP contribution in [-0.4, -0.2) is 23.1 Å². The third-order valence-electron chi connectivity index (χ3n) is 7.09. The highest BCUT2D eigenvalue weighted by Gasteiger charge is 2.38. The van der Waals surface area contributed by atoms with Crippen LogP contribution in [0.25, 0.3) is 33.1 Å². The number of carbonyl (C=O) groups is 4. The largest absolute Gasteiger partial charge is 0.482 e. The van der Waals surface area contributed by atoms with Crippen molar-refractivity contribution in [3.63, 3.8) is 0 Å². The van der Waals surface area contributed by atoms with Crippen molar-refractivity contribution in [3.8, 4) is 15.5 Å². The van der Waals surface area contributed by atoms with Gasteiger partial charge in [0.2, 0.25) is 23.1 Å². The number of fused-ring (bicyclic) bond motifs is 5. The van der Waals surface area contributed by atoms with Crippen molar-refractivity contribution in [2.75, 3.05) is 0 Å². The second-order valence-electron chi connectivity index (χ2n) is 9.87. The minimum atomic E-state index is -0.625. The first-order chi connectivity index (χ1) is 18.2. The lowest BCUT2D eigenvalue weighted by Crippen LogP contribution is -2.27. The summed E-state index contributed by atoms with van der Waals surface area (Å²) in [6, 6.07) is 18.0. The van der Waals surface area contributed by atoms with Crippen molar-refractivity contribution in [1.29, 1.82) is 0 Å². The molecule has 7 heteroatoms. The summed E-state index contributed by atoms with van der Waals surface area (Å²) in [6.45, 7) is 3.98. The van der Waals surface area contributed by atoms with Gasteiger partial charge in [0.05, 0.1) is 9.75 Å². The van der Waals surface area contributed by atoms with Gasteiger partial charge in [-0.25, -0.2) is 0 Å². The standard InChI is InChI=1S/C31H18O5S2/c1-31(2)23-13-15(11-21-17-7-3-5-9-19(17)25(32)27(21)34)37-29(23)30-24(36-31)14-16(38-30)12-22-18-8-4-6-10-20(18)26(33)28(22)35/h3-14H,1-2H3/b21-11-,22-12-. The molecule has 5 nitrogen and oxygen atoms in total. The summed E-state index contributed by atoms with van der Waals surface area (Å²) in [5, 5.41) is 0. The summed E-state index contributed by atoms with van der Waals surface area (Å²) >= 11 is 3.03. The second kappa shape index (κ2) is 7.90. The number of ether oxygens (including phenoxy) is 1. The Balaban J connectivity index is 1.32. The average molecular weight is 535 g/mol. The molecule has 2 aromatic carbocycles. The second-order valence-corrected chi connectivity index (χ2v) is 12.0. The third-order valence-corrected chi connectivity index (χ3v) is 9.40. The molecule has 0 spiro atoms. The van der Waals surface area contributed by atoms with Crippen LogP contribution in [0.3, 0.4) is 0 Å². The molecule has 184 valence electrons. The minimum Gasteiger partial charge on any atom is -0.482 e.